The van der Waals surface area contributed by atoms with E-state index >= 15 is 0 Å². The van der Waals surface area contributed by atoms with E-state index in [0.717, 1.165) is 12.8 Å². The summed E-state index contributed by atoms with van der Waals surface area (Å²) in [5.41, 5.74) is 1.24. The number of benzene rings is 1. The molecular weight excluding hydrogens is 268 g/mol. The maximum atomic E-state index is 11.7. The molecule has 0 saturated carbocycles. The number of hydrogen-bond donors (Lipinski definition) is 3. The average Bonchev–Trinajstić information content (AvgIpc) is 2.43. The minimum Gasteiger partial charge on any atom is -0.481 e. The van der Waals surface area contributed by atoms with Crippen molar-refractivity contribution in [2.24, 2.45) is 5.92 Å². The van der Waals surface area contributed by atoms with Crippen molar-refractivity contribution in [1.82, 2.24) is 10.6 Å². The van der Waals surface area contributed by atoms with Gasteiger partial charge in [-0.05, 0) is 24.3 Å². The zero-order valence-electron chi connectivity index (χ0n) is 12.6. The summed E-state index contributed by atoms with van der Waals surface area (Å²) < 4.78 is 0. The second-order valence-corrected chi connectivity index (χ2v) is 5.44. The van der Waals surface area contributed by atoms with E-state index in [9.17, 15) is 9.59 Å². The lowest BCUT2D eigenvalue weighted by atomic mass is 10.0. The van der Waals surface area contributed by atoms with Crippen LogP contribution in [0.2, 0.25) is 0 Å². The highest BCUT2D eigenvalue weighted by Gasteiger charge is 2.18. The van der Waals surface area contributed by atoms with Crippen molar-refractivity contribution in [3.05, 3.63) is 35.9 Å². The van der Waals surface area contributed by atoms with Gasteiger partial charge in [-0.25, -0.2) is 4.79 Å². The molecule has 0 fully saturated rings. The number of urea groups is 1. The molecule has 0 saturated heterocycles. The summed E-state index contributed by atoms with van der Waals surface area (Å²) in [7, 11) is 0. The molecule has 5 nitrogen and oxygen atoms in total. The predicted octanol–water partition coefficient (Wildman–Crippen LogP) is 2.42. The zero-order valence-corrected chi connectivity index (χ0v) is 12.6. The highest BCUT2D eigenvalue weighted by atomic mass is 16.4. The number of nitrogens with one attached hydrogen (secondary N) is 2. The second kappa shape index (κ2) is 9.00. The number of amides is 2. The molecule has 116 valence electrons. The number of carboxylic acids is 1. The Hall–Kier alpha value is -2.04. The van der Waals surface area contributed by atoms with Crippen LogP contribution in [0.5, 0.6) is 0 Å². The van der Waals surface area contributed by atoms with Gasteiger partial charge in [0.2, 0.25) is 0 Å². The molecule has 0 bridgehead atoms. The van der Waals surface area contributed by atoms with E-state index in [1.54, 1.807) is 0 Å². The minimum atomic E-state index is -0.905. The third-order valence-electron chi connectivity index (χ3n) is 3.29. The van der Waals surface area contributed by atoms with Gasteiger partial charge in [-0.1, -0.05) is 44.2 Å². The molecule has 0 aromatic heterocycles. The van der Waals surface area contributed by atoms with Crippen LogP contribution in [0.4, 0.5) is 4.79 Å². The van der Waals surface area contributed by atoms with E-state index in [2.05, 4.69) is 22.8 Å². The first-order valence-electron chi connectivity index (χ1n) is 7.29. The van der Waals surface area contributed by atoms with E-state index in [1.165, 1.54) is 5.56 Å². The first-order chi connectivity index (χ1) is 9.99. The molecule has 0 aliphatic carbocycles. The monoisotopic (exact) mass is 292 g/mol. The number of carboxylic acid groups (broad SMARTS) is 1. The van der Waals surface area contributed by atoms with Crippen LogP contribution in [0.25, 0.3) is 0 Å². The van der Waals surface area contributed by atoms with Crippen LogP contribution in [0, 0.1) is 5.92 Å². The van der Waals surface area contributed by atoms with Crippen LogP contribution < -0.4 is 10.6 Å². The van der Waals surface area contributed by atoms with Crippen molar-refractivity contribution in [3.63, 3.8) is 0 Å². The summed E-state index contributed by atoms with van der Waals surface area (Å²) in [5, 5.41) is 14.3. The lowest BCUT2D eigenvalue weighted by molar-refractivity contribution is -0.137. The van der Waals surface area contributed by atoms with Crippen molar-refractivity contribution >= 4 is 12.0 Å². The van der Waals surface area contributed by atoms with Gasteiger partial charge in [0.1, 0.15) is 0 Å². The summed E-state index contributed by atoms with van der Waals surface area (Å²) in [6.45, 7) is 4.35. The summed E-state index contributed by atoms with van der Waals surface area (Å²) >= 11 is 0. The molecular formula is C16H24N2O3. The molecule has 5 heteroatoms. The summed E-state index contributed by atoms with van der Waals surface area (Å²) in [4.78, 5) is 22.5. The van der Waals surface area contributed by atoms with Crippen LogP contribution in [-0.2, 0) is 11.2 Å². The molecule has 3 N–H and O–H groups in total. The first kappa shape index (κ1) is 17.0. The smallest absolute Gasteiger partial charge is 0.315 e. The molecule has 1 aromatic rings. The first-order valence-corrected chi connectivity index (χ1v) is 7.29. The van der Waals surface area contributed by atoms with Crippen LogP contribution in [-0.4, -0.2) is 29.7 Å². The number of rotatable bonds is 8. The Balaban J connectivity index is 2.25. The fourth-order valence-electron chi connectivity index (χ4n) is 2.00. The van der Waals surface area contributed by atoms with E-state index in [4.69, 9.17) is 5.11 Å². The molecule has 1 aromatic carbocycles. The minimum absolute atomic E-state index is 0.0604. The molecule has 21 heavy (non-hydrogen) atoms. The second-order valence-electron chi connectivity index (χ2n) is 5.44. The van der Waals surface area contributed by atoms with Crippen LogP contribution in [0.1, 0.15) is 32.3 Å². The van der Waals surface area contributed by atoms with Gasteiger partial charge in [-0.3, -0.25) is 4.79 Å². The molecule has 0 radical (unpaired) electrons. The van der Waals surface area contributed by atoms with Gasteiger partial charge in [0.25, 0.3) is 0 Å². The van der Waals surface area contributed by atoms with Gasteiger partial charge in [0.05, 0.1) is 6.42 Å². The Labute approximate surface area is 125 Å². The topological polar surface area (TPSA) is 78.4 Å². The van der Waals surface area contributed by atoms with Crippen molar-refractivity contribution in [1.29, 1.82) is 0 Å². The Morgan fingerprint density at radius 2 is 1.86 bits per heavy atom. The van der Waals surface area contributed by atoms with E-state index in [1.807, 2.05) is 32.0 Å². The molecule has 0 heterocycles. The van der Waals surface area contributed by atoms with Gasteiger partial charge in [0, 0.05) is 12.6 Å². The molecule has 0 aliphatic rings. The number of aryl methyl sites for hydroxylation is 1. The third-order valence-corrected chi connectivity index (χ3v) is 3.29. The summed E-state index contributed by atoms with van der Waals surface area (Å²) in [6, 6.07) is 9.43. The average molecular weight is 292 g/mol. The van der Waals surface area contributed by atoms with Crippen molar-refractivity contribution < 1.29 is 14.7 Å². The number of carbonyl (C=O) groups is 2. The fraction of sp³-hybridized carbons (Fsp3) is 0.500. The van der Waals surface area contributed by atoms with Gasteiger partial charge < -0.3 is 15.7 Å². The van der Waals surface area contributed by atoms with Crippen molar-refractivity contribution in [2.75, 3.05) is 6.54 Å². The van der Waals surface area contributed by atoms with E-state index < -0.39 is 5.97 Å². The van der Waals surface area contributed by atoms with Crippen LogP contribution >= 0.6 is 0 Å². The lowest BCUT2D eigenvalue weighted by Gasteiger charge is -2.20. The molecule has 1 unspecified atom stereocenters. The van der Waals surface area contributed by atoms with E-state index in [-0.39, 0.29) is 24.4 Å². The Morgan fingerprint density at radius 1 is 1.19 bits per heavy atom. The van der Waals surface area contributed by atoms with Gasteiger partial charge in [-0.2, -0.15) is 0 Å². The molecule has 1 atom stereocenters. The summed E-state index contributed by atoms with van der Waals surface area (Å²) in [6.07, 6.45) is 1.70. The standard InChI is InChI=1S/C16H24N2O3/c1-12(2)14(11-15(19)20)18-16(21)17-10-6-9-13-7-4-3-5-8-13/h3-5,7-8,12,14H,6,9-11H2,1-2H3,(H,19,20)(H2,17,18,21). The third kappa shape index (κ3) is 7.34. The number of hydrogen-bond acceptors (Lipinski definition) is 2. The molecule has 0 spiro atoms. The van der Waals surface area contributed by atoms with E-state index in [0.29, 0.717) is 6.54 Å². The Bertz CT molecular complexity index is 446. The Kier molecular flexibility index (Phi) is 7.29. The normalized spacial score (nSPS) is 12.0. The fourth-order valence-corrected chi connectivity index (χ4v) is 2.00. The summed E-state index contributed by atoms with van der Waals surface area (Å²) in [5.74, 6) is -0.825. The number of carbonyl (C=O) groups excluding carboxylic acids is 1. The highest BCUT2D eigenvalue weighted by Crippen LogP contribution is 2.06. The van der Waals surface area contributed by atoms with Crippen LogP contribution in [0.3, 0.4) is 0 Å². The maximum absolute atomic E-state index is 11.7. The molecule has 1 rings (SSSR count). The van der Waals surface area contributed by atoms with Gasteiger partial charge in [0.15, 0.2) is 0 Å². The zero-order chi connectivity index (χ0) is 15.7. The van der Waals surface area contributed by atoms with Gasteiger partial charge >= 0.3 is 12.0 Å². The largest absolute Gasteiger partial charge is 0.481 e. The quantitative estimate of drug-likeness (QED) is 0.644. The highest BCUT2D eigenvalue weighted by molar-refractivity contribution is 5.75. The SMILES string of the molecule is CC(C)C(CC(=O)O)NC(=O)NCCCc1ccccc1. The number of aliphatic carboxylic acids is 1. The maximum Gasteiger partial charge on any atom is 0.315 e. The molecule has 2 amide bonds. The van der Waals surface area contributed by atoms with Crippen LogP contribution in [0.15, 0.2) is 30.3 Å². The van der Waals surface area contributed by atoms with Crippen molar-refractivity contribution in [3.8, 4) is 0 Å². The van der Waals surface area contributed by atoms with Gasteiger partial charge in [-0.15, -0.1) is 0 Å². The lowest BCUT2D eigenvalue weighted by Crippen LogP contribution is -2.45. The Morgan fingerprint density at radius 3 is 2.43 bits per heavy atom. The van der Waals surface area contributed by atoms with Crippen molar-refractivity contribution in [2.45, 2.75) is 39.2 Å². The molecule has 0 aliphatic heterocycles. The predicted molar refractivity (Wildman–Crippen MR) is 82.2 cm³/mol.